The molecular weight excluding hydrogens is 232 g/mol. The Kier molecular flexibility index (Phi) is 5.96. The van der Waals surface area contributed by atoms with Crippen molar-refractivity contribution in [2.24, 2.45) is 0 Å². The molecule has 0 fully saturated rings. The fourth-order valence-electron chi connectivity index (χ4n) is 1.91. The molecule has 0 aliphatic heterocycles. The number of nitrogens with zero attached hydrogens (tertiary/aromatic N) is 1. The van der Waals surface area contributed by atoms with Crippen LogP contribution >= 0.6 is 11.6 Å². The summed E-state index contributed by atoms with van der Waals surface area (Å²) in [6.07, 6.45) is 0. The van der Waals surface area contributed by atoms with Crippen LogP contribution in [0.4, 0.5) is 0 Å². The predicted octanol–water partition coefficient (Wildman–Crippen LogP) is 3.33. The maximum absolute atomic E-state index is 6.23. The van der Waals surface area contributed by atoms with Gasteiger partial charge in [0.15, 0.2) is 0 Å². The van der Waals surface area contributed by atoms with Gasteiger partial charge in [-0.3, -0.25) is 4.90 Å². The van der Waals surface area contributed by atoms with E-state index in [1.807, 2.05) is 18.2 Å². The number of hydrogen-bond acceptors (Lipinski definition) is 2. The Hall–Kier alpha value is -0.570. The van der Waals surface area contributed by atoms with Crippen molar-refractivity contribution in [1.82, 2.24) is 10.2 Å². The average Bonchev–Trinajstić information content (AvgIpc) is 2.34. The third-order valence-electron chi connectivity index (χ3n) is 3.35. The zero-order chi connectivity index (χ0) is 12.8. The highest BCUT2D eigenvalue weighted by Gasteiger charge is 2.18. The molecule has 0 aliphatic carbocycles. The monoisotopic (exact) mass is 254 g/mol. The lowest BCUT2D eigenvalue weighted by molar-refractivity contribution is 0.194. The van der Waals surface area contributed by atoms with Crippen molar-refractivity contribution in [1.29, 1.82) is 0 Å². The molecule has 2 unspecified atom stereocenters. The maximum Gasteiger partial charge on any atom is 0.0453 e. The second-order valence-corrected chi connectivity index (χ2v) is 4.93. The summed E-state index contributed by atoms with van der Waals surface area (Å²) in [5.74, 6) is 0. The topological polar surface area (TPSA) is 15.3 Å². The van der Waals surface area contributed by atoms with Crippen molar-refractivity contribution in [3.63, 3.8) is 0 Å². The minimum absolute atomic E-state index is 0.331. The van der Waals surface area contributed by atoms with E-state index in [2.05, 4.69) is 44.1 Å². The summed E-state index contributed by atoms with van der Waals surface area (Å²) in [4.78, 5) is 2.35. The number of likely N-dealkylation sites (N-methyl/N-ethyl adjacent to an activating group) is 2. The van der Waals surface area contributed by atoms with Gasteiger partial charge < -0.3 is 5.32 Å². The average molecular weight is 255 g/mol. The van der Waals surface area contributed by atoms with Crippen LogP contribution in [0.1, 0.15) is 32.4 Å². The molecule has 0 heterocycles. The van der Waals surface area contributed by atoms with Gasteiger partial charge in [0.05, 0.1) is 0 Å². The fraction of sp³-hybridized carbons (Fsp3) is 0.571. The number of halogens is 1. The Morgan fingerprint density at radius 1 is 1.29 bits per heavy atom. The highest BCUT2D eigenvalue weighted by molar-refractivity contribution is 6.31. The van der Waals surface area contributed by atoms with Crippen molar-refractivity contribution < 1.29 is 0 Å². The summed E-state index contributed by atoms with van der Waals surface area (Å²) >= 11 is 6.23. The normalized spacial score (nSPS) is 14.9. The SMILES string of the molecule is CCNCC(C)N(C)C(C)c1ccccc1Cl. The van der Waals surface area contributed by atoms with Crippen LogP contribution < -0.4 is 5.32 Å². The minimum Gasteiger partial charge on any atom is -0.315 e. The van der Waals surface area contributed by atoms with Gasteiger partial charge in [-0.05, 0) is 39.1 Å². The molecular formula is C14H23ClN2. The smallest absolute Gasteiger partial charge is 0.0453 e. The third-order valence-corrected chi connectivity index (χ3v) is 3.70. The molecule has 0 radical (unpaired) electrons. The molecule has 3 heteroatoms. The Labute approximate surface area is 110 Å². The van der Waals surface area contributed by atoms with Crippen LogP contribution in [-0.4, -0.2) is 31.1 Å². The lowest BCUT2D eigenvalue weighted by Gasteiger charge is -2.31. The van der Waals surface area contributed by atoms with Crippen LogP contribution in [0.3, 0.4) is 0 Å². The Balaban J connectivity index is 2.69. The van der Waals surface area contributed by atoms with Gasteiger partial charge >= 0.3 is 0 Å². The van der Waals surface area contributed by atoms with Crippen molar-refractivity contribution >= 4 is 11.6 Å². The van der Waals surface area contributed by atoms with E-state index in [0.717, 1.165) is 18.1 Å². The fourth-order valence-corrected chi connectivity index (χ4v) is 2.21. The quantitative estimate of drug-likeness (QED) is 0.838. The molecule has 0 amide bonds. The van der Waals surface area contributed by atoms with Gasteiger partial charge in [-0.1, -0.05) is 36.7 Å². The van der Waals surface area contributed by atoms with Gasteiger partial charge in [0.1, 0.15) is 0 Å². The van der Waals surface area contributed by atoms with E-state index in [1.165, 1.54) is 5.56 Å². The van der Waals surface area contributed by atoms with E-state index >= 15 is 0 Å². The molecule has 1 aromatic rings. The summed E-state index contributed by atoms with van der Waals surface area (Å²) in [6, 6.07) is 8.89. The number of hydrogen-bond donors (Lipinski definition) is 1. The Morgan fingerprint density at radius 2 is 1.94 bits per heavy atom. The van der Waals surface area contributed by atoms with Crippen LogP contribution in [0.15, 0.2) is 24.3 Å². The molecule has 2 nitrogen and oxygen atoms in total. The molecule has 1 aromatic carbocycles. The molecule has 0 bridgehead atoms. The van der Waals surface area contributed by atoms with Crippen LogP contribution in [0.5, 0.6) is 0 Å². The van der Waals surface area contributed by atoms with Gasteiger partial charge in [0.25, 0.3) is 0 Å². The first-order valence-corrected chi connectivity index (χ1v) is 6.62. The first-order chi connectivity index (χ1) is 8.07. The highest BCUT2D eigenvalue weighted by Crippen LogP contribution is 2.27. The zero-order valence-electron chi connectivity index (χ0n) is 11.2. The van der Waals surface area contributed by atoms with Crippen molar-refractivity contribution in [3.8, 4) is 0 Å². The second kappa shape index (κ2) is 7.00. The number of benzene rings is 1. The first kappa shape index (κ1) is 14.5. The van der Waals surface area contributed by atoms with Crippen LogP contribution in [0.2, 0.25) is 5.02 Å². The summed E-state index contributed by atoms with van der Waals surface area (Å²) in [7, 11) is 2.15. The van der Waals surface area contributed by atoms with Gasteiger partial charge in [0.2, 0.25) is 0 Å². The van der Waals surface area contributed by atoms with Crippen LogP contribution in [0.25, 0.3) is 0 Å². The van der Waals surface area contributed by atoms with E-state index in [-0.39, 0.29) is 0 Å². The zero-order valence-corrected chi connectivity index (χ0v) is 12.0. The lowest BCUT2D eigenvalue weighted by Crippen LogP contribution is -2.39. The van der Waals surface area contributed by atoms with E-state index in [0.29, 0.717) is 12.1 Å². The lowest BCUT2D eigenvalue weighted by atomic mass is 10.1. The van der Waals surface area contributed by atoms with Gasteiger partial charge in [-0.25, -0.2) is 0 Å². The number of rotatable bonds is 6. The standard InChI is InChI=1S/C14H23ClN2/c1-5-16-10-11(2)17(4)12(3)13-8-6-7-9-14(13)15/h6-9,11-12,16H,5,10H2,1-4H3. The summed E-state index contributed by atoms with van der Waals surface area (Å²) < 4.78 is 0. The van der Waals surface area contributed by atoms with Gasteiger partial charge in [-0.2, -0.15) is 0 Å². The Morgan fingerprint density at radius 3 is 2.53 bits per heavy atom. The van der Waals surface area contributed by atoms with E-state index in [9.17, 15) is 0 Å². The predicted molar refractivity (Wildman–Crippen MR) is 75.6 cm³/mol. The summed E-state index contributed by atoms with van der Waals surface area (Å²) in [5, 5.41) is 4.22. The van der Waals surface area contributed by atoms with Crippen molar-refractivity contribution in [2.75, 3.05) is 20.1 Å². The largest absolute Gasteiger partial charge is 0.315 e. The highest BCUT2D eigenvalue weighted by atomic mass is 35.5. The van der Waals surface area contributed by atoms with Crippen molar-refractivity contribution in [3.05, 3.63) is 34.9 Å². The Bertz CT molecular complexity index is 341. The van der Waals surface area contributed by atoms with Crippen LogP contribution in [-0.2, 0) is 0 Å². The third kappa shape index (κ3) is 3.98. The number of nitrogens with one attached hydrogen (secondary N) is 1. The molecule has 0 saturated heterocycles. The van der Waals surface area contributed by atoms with Crippen molar-refractivity contribution in [2.45, 2.75) is 32.9 Å². The van der Waals surface area contributed by atoms with Gasteiger partial charge in [0, 0.05) is 23.7 Å². The maximum atomic E-state index is 6.23. The van der Waals surface area contributed by atoms with Gasteiger partial charge in [-0.15, -0.1) is 0 Å². The first-order valence-electron chi connectivity index (χ1n) is 6.25. The molecule has 96 valence electrons. The molecule has 0 aromatic heterocycles. The molecule has 1 rings (SSSR count). The molecule has 0 saturated carbocycles. The van der Waals surface area contributed by atoms with E-state index in [4.69, 9.17) is 11.6 Å². The molecule has 1 N–H and O–H groups in total. The summed E-state index contributed by atoms with van der Waals surface area (Å²) in [6.45, 7) is 8.57. The second-order valence-electron chi connectivity index (χ2n) is 4.52. The van der Waals surface area contributed by atoms with E-state index in [1.54, 1.807) is 0 Å². The van der Waals surface area contributed by atoms with E-state index < -0.39 is 0 Å². The minimum atomic E-state index is 0.331. The summed E-state index contributed by atoms with van der Waals surface area (Å²) in [5.41, 5.74) is 1.19. The van der Waals surface area contributed by atoms with Crippen LogP contribution in [0, 0.1) is 0 Å². The molecule has 0 aliphatic rings. The molecule has 2 atom stereocenters. The molecule has 0 spiro atoms. The molecule has 17 heavy (non-hydrogen) atoms.